The maximum atomic E-state index is 5.29. The summed E-state index contributed by atoms with van der Waals surface area (Å²) in [6, 6.07) is 2.09. The fourth-order valence-electron chi connectivity index (χ4n) is 1.95. The molecule has 2 aromatic heterocycles. The summed E-state index contributed by atoms with van der Waals surface area (Å²) in [5.74, 6) is 1.15. The molecule has 1 aliphatic rings. The predicted octanol–water partition coefficient (Wildman–Crippen LogP) is 3.08. The fourth-order valence-corrected chi connectivity index (χ4v) is 3.11. The number of nitrogens with zero attached hydrogens (tertiary/aromatic N) is 3. The third-order valence-corrected chi connectivity index (χ3v) is 3.86. The molecule has 1 saturated heterocycles. The van der Waals surface area contributed by atoms with Crippen molar-refractivity contribution in [2.75, 3.05) is 6.54 Å². The minimum absolute atomic E-state index is 0.181. The highest BCUT2D eigenvalue weighted by molar-refractivity contribution is 9.11. The molecule has 0 saturated carbocycles. The van der Waals surface area contributed by atoms with E-state index in [9.17, 15) is 0 Å². The van der Waals surface area contributed by atoms with Crippen LogP contribution in [-0.2, 0) is 0 Å². The molecule has 7 heteroatoms. The molecule has 1 unspecified atom stereocenters. The van der Waals surface area contributed by atoms with E-state index < -0.39 is 0 Å². The topological polar surface area (TPSA) is 63.8 Å². The van der Waals surface area contributed by atoms with E-state index >= 15 is 0 Å². The van der Waals surface area contributed by atoms with Gasteiger partial charge in [0.1, 0.15) is 5.69 Å². The lowest BCUT2D eigenvalue weighted by molar-refractivity contribution is 0.345. The van der Waals surface area contributed by atoms with Crippen molar-refractivity contribution in [1.29, 1.82) is 0 Å². The van der Waals surface area contributed by atoms with Crippen molar-refractivity contribution < 1.29 is 4.52 Å². The van der Waals surface area contributed by atoms with Crippen LogP contribution in [0.15, 0.2) is 25.7 Å². The first kappa shape index (κ1) is 12.3. The zero-order valence-corrected chi connectivity index (χ0v) is 12.5. The average molecular weight is 374 g/mol. The number of rotatable bonds is 2. The van der Waals surface area contributed by atoms with Crippen molar-refractivity contribution in [2.45, 2.75) is 18.9 Å². The second kappa shape index (κ2) is 5.07. The maximum absolute atomic E-state index is 5.29. The molecule has 94 valence electrons. The van der Waals surface area contributed by atoms with Crippen molar-refractivity contribution in [3.63, 3.8) is 0 Å². The summed E-state index contributed by atoms with van der Waals surface area (Å²) in [5, 5.41) is 7.31. The van der Waals surface area contributed by atoms with Gasteiger partial charge in [0.25, 0.3) is 0 Å². The third-order valence-electron chi connectivity index (χ3n) is 2.82. The molecule has 3 heterocycles. The van der Waals surface area contributed by atoms with Gasteiger partial charge in [0.2, 0.25) is 11.7 Å². The summed E-state index contributed by atoms with van der Waals surface area (Å²) in [4.78, 5) is 8.69. The lowest BCUT2D eigenvalue weighted by Gasteiger charge is -2.01. The second-order valence-electron chi connectivity index (χ2n) is 4.09. The Kier molecular flexibility index (Phi) is 3.45. The molecule has 18 heavy (non-hydrogen) atoms. The Hall–Kier alpha value is -0.790. The van der Waals surface area contributed by atoms with Crippen molar-refractivity contribution in [3.05, 3.63) is 27.1 Å². The molecule has 0 aromatic carbocycles. The van der Waals surface area contributed by atoms with Gasteiger partial charge < -0.3 is 9.84 Å². The molecular formula is C11H10Br2N4O. The van der Waals surface area contributed by atoms with E-state index in [2.05, 4.69) is 52.3 Å². The SMILES string of the molecule is Brc1cnc(-c2noc(C3CCCN3)n2)c(Br)c1. The summed E-state index contributed by atoms with van der Waals surface area (Å²) >= 11 is 6.81. The van der Waals surface area contributed by atoms with Gasteiger partial charge in [-0.25, -0.2) is 0 Å². The van der Waals surface area contributed by atoms with Crippen LogP contribution in [-0.4, -0.2) is 21.7 Å². The molecule has 0 amide bonds. The van der Waals surface area contributed by atoms with E-state index in [1.54, 1.807) is 6.20 Å². The Labute approximate surface area is 121 Å². The first-order valence-electron chi connectivity index (χ1n) is 5.62. The van der Waals surface area contributed by atoms with Gasteiger partial charge in [-0.3, -0.25) is 4.98 Å². The predicted molar refractivity (Wildman–Crippen MR) is 72.9 cm³/mol. The quantitative estimate of drug-likeness (QED) is 0.876. The minimum Gasteiger partial charge on any atom is -0.337 e. The van der Waals surface area contributed by atoms with Crippen molar-refractivity contribution in [3.8, 4) is 11.5 Å². The molecule has 0 spiro atoms. The third kappa shape index (κ3) is 2.34. The monoisotopic (exact) mass is 372 g/mol. The fraction of sp³-hybridized carbons (Fsp3) is 0.364. The molecule has 0 aliphatic carbocycles. The Balaban J connectivity index is 1.92. The molecule has 1 fully saturated rings. The largest absolute Gasteiger partial charge is 0.337 e. The molecule has 1 aliphatic heterocycles. The number of nitrogens with one attached hydrogen (secondary N) is 1. The molecule has 1 atom stereocenters. The number of halogens is 2. The number of pyridine rings is 1. The molecule has 0 bridgehead atoms. The highest BCUT2D eigenvalue weighted by Gasteiger charge is 2.23. The summed E-state index contributed by atoms with van der Waals surface area (Å²) in [6.07, 6.45) is 3.89. The van der Waals surface area contributed by atoms with E-state index in [-0.39, 0.29) is 6.04 Å². The molecule has 1 N–H and O–H groups in total. The van der Waals surface area contributed by atoms with Gasteiger partial charge in [-0.2, -0.15) is 4.98 Å². The minimum atomic E-state index is 0.181. The van der Waals surface area contributed by atoms with Gasteiger partial charge in [0.05, 0.1) is 6.04 Å². The normalized spacial score (nSPS) is 19.3. The number of aromatic nitrogens is 3. The highest BCUT2D eigenvalue weighted by Crippen LogP contribution is 2.28. The summed E-state index contributed by atoms with van der Waals surface area (Å²) < 4.78 is 7.03. The summed E-state index contributed by atoms with van der Waals surface area (Å²) in [5.41, 5.74) is 0.686. The highest BCUT2D eigenvalue weighted by atomic mass is 79.9. The van der Waals surface area contributed by atoms with Gasteiger partial charge >= 0.3 is 0 Å². The molecular weight excluding hydrogens is 364 g/mol. The zero-order chi connectivity index (χ0) is 12.5. The Morgan fingerprint density at radius 2 is 2.28 bits per heavy atom. The van der Waals surface area contributed by atoms with Crippen LogP contribution in [0.5, 0.6) is 0 Å². The second-order valence-corrected chi connectivity index (χ2v) is 5.86. The van der Waals surface area contributed by atoms with Crippen LogP contribution in [0.1, 0.15) is 24.8 Å². The number of hydrogen-bond acceptors (Lipinski definition) is 5. The Morgan fingerprint density at radius 3 is 3.00 bits per heavy atom. The van der Waals surface area contributed by atoms with Crippen LogP contribution in [0, 0.1) is 0 Å². The van der Waals surface area contributed by atoms with Crippen LogP contribution in [0.25, 0.3) is 11.5 Å². The molecule has 5 nitrogen and oxygen atoms in total. The lowest BCUT2D eigenvalue weighted by atomic mass is 10.2. The van der Waals surface area contributed by atoms with E-state index in [1.807, 2.05) is 6.07 Å². The van der Waals surface area contributed by atoms with Crippen LogP contribution in [0.2, 0.25) is 0 Å². The van der Waals surface area contributed by atoms with Crippen LogP contribution in [0.3, 0.4) is 0 Å². The van der Waals surface area contributed by atoms with E-state index in [1.165, 1.54) is 0 Å². The van der Waals surface area contributed by atoms with Gasteiger partial charge in [-0.15, -0.1) is 0 Å². The van der Waals surface area contributed by atoms with Crippen molar-refractivity contribution in [2.24, 2.45) is 0 Å². The summed E-state index contributed by atoms with van der Waals surface area (Å²) in [6.45, 7) is 1.00. The average Bonchev–Trinajstić information content (AvgIpc) is 2.99. The van der Waals surface area contributed by atoms with Crippen molar-refractivity contribution >= 4 is 31.9 Å². The lowest BCUT2D eigenvalue weighted by Crippen LogP contribution is -2.12. The van der Waals surface area contributed by atoms with E-state index in [0.29, 0.717) is 17.4 Å². The van der Waals surface area contributed by atoms with Crippen molar-refractivity contribution in [1.82, 2.24) is 20.4 Å². The molecule has 2 aromatic rings. The smallest absolute Gasteiger partial charge is 0.244 e. The van der Waals surface area contributed by atoms with Crippen LogP contribution < -0.4 is 5.32 Å². The Bertz CT molecular complexity index is 566. The number of hydrogen-bond donors (Lipinski definition) is 1. The summed E-state index contributed by atoms with van der Waals surface area (Å²) in [7, 11) is 0. The van der Waals surface area contributed by atoms with Gasteiger partial charge in [-0.1, -0.05) is 5.16 Å². The van der Waals surface area contributed by atoms with E-state index in [0.717, 1.165) is 28.3 Å². The molecule has 3 rings (SSSR count). The Morgan fingerprint density at radius 1 is 1.39 bits per heavy atom. The van der Waals surface area contributed by atoms with Crippen LogP contribution >= 0.6 is 31.9 Å². The first-order valence-corrected chi connectivity index (χ1v) is 7.21. The molecule has 0 radical (unpaired) electrons. The van der Waals surface area contributed by atoms with Crippen LogP contribution in [0.4, 0.5) is 0 Å². The van der Waals surface area contributed by atoms with Gasteiger partial charge in [-0.05, 0) is 57.3 Å². The first-order chi connectivity index (χ1) is 8.74. The standard InChI is InChI=1S/C11H10Br2N4O/c12-6-4-7(13)9(15-5-6)10-16-11(18-17-10)8-2-1-3-14-8/h4-5,8,14H,1-3H2. The zero-order valence-electron chi connectivity index (χ0n) is 9.36. The maximum Gasteiger partial charge on any atom is 0.244 e. The van der Waals surface area contributed by atoms with Gasteiger partial charge in [0, 0.05) is 15.1 Å². The van der Waals surface area contributed by atoms with Gasteiger partial charge in [0.15, 0.2) is 0 Å². The van der Waals surface area contributed by atoms with E-state index in [4.69, 9.17) is 4.52 Å².